The minimum atomic E-state index is -0.233. The van der Waals surface area contributed by atoms with E-state index in [-0.39, 0.29) is 30.8 Å². The number of hydrogen-bond acceptors (Lipinski definition) is 3. The Morgan fingerprint density at radius 3 is 2.62 bits per heavy atom. The molecule has 2 fully saturated rings. The first kappa shape index (κ1) is 15.8. The molecular formula is C16H25N3O2. The SMILES string of the molecule is C#CCNC(=O)CNC(=O)[C@H]1CCN(C2CCCCC2)C1. The zero-order chi connectivity index (χ0) is 15.1. The fourth-order valence-corrected chi connectivity index (χ4v) is 3.30. The molecule has 1 atom stereocenters. The lowest BCUT2D eigenvalue weighted by Gasteiger charge is -2.30. The maximum atomic E-state index is 12.1. The number of terminal acetylenes is 1. The van der Waals surface area contributed by atoms with Crippen LogP contribution in [0, 0.1) is 18.3 Å². The largest absolute Gasteiger partial charge is 0.347 e. The second kappa shape index (κ2) is 8.04. The lowest BCUT2D eigenvalue weighted by Crippen LogP contribution is -2.41. The minimum absolute atomic E-state index is 0.0100. The summed E-state index contributed by atoms with van der Waals surface area (Å²) in [6.45, 7) is 2.06. The third-order valence-electron chi connectivity index (χ3n) is 4.49. The van der Waals surface area contributed by atoms with E-state index in [0.717, 1.165) is 19.5 Å². The molecule has 1 saturated heterocycles. The number of nitrogens with zero attached hydrogens (tertiary/aromatic N) is 1. The van der Waals surface area contributed by atoms with Gasteiger partial charge in [-0.3, -0.25) is 14.5 Å². The van der Waals surface area contributed by atoms with Crippen LogP contribution < -0.4 is 10.6 Å². The molecule has 0 radical (unpaired) electrons. The van der Waals surface area contributed by atoms with Crippen molar-refractivity contribution in [2.45, 2.75) is 44.6 Å². The summed E-state index contributed by atoms with van der Waals surface area (Å²) in [7, 11) is 0. The third kappa shape index (κ3) is 4.75. The van der Waals surface area contributed by atoms with Crippen molar-refractivity contribution < 1.29 is 9.59 Å². The van der Waals surface area contributed by atoms with E-state index in [2.05, 4.69) is 21.5 Å². The highest BCUT2D eigenvalue weighted by Gasteiger charge is 2.32. The van der Waals surface area contributed by atoms with Crippen LogP contribution in [0.1, 0.15) is 38.5 Å². The molecule has 0 spiro atoms. The maximum absolute atomic E-state index is 12.1. The van der Waals surface area contributed by atoms with Gasteiger partial charge in [-0.05, 0) is 25.8 Å². The highest BCUT2D eigenvalue weighted by Crippen LogP contribution is 2.27. The van der Waals surface area contributed by atoms with Crippen LogP contribution in [0.2, 0.25) is 0 Å². The zero-order valence-electron chi connectivity index (χ0n) is 12.6. The molecule has 1 aliphatic heterocycles. The second-order valence-corrected chi connectivity index (χ2v) is 5.97. The first-order chi connectivity index (χ1) is 10.2. The monoisotopic (exact) mass is 291 g/mol. The predicted octanol–water partition coefficient (Wildman–Crippen LogP) is 0.507. The molecule has 1 aliphatic carbocycles. The summed E-state index contributed by atoms with van der Waals surface area (Å²) in [5.74, 6) is 2.11. The number of likely N-dealkylation sites (tertiary alicyclic amines) is 1. The van der Waals surface area contributed by atoms with Gasteiger partial charge in [-0.25, -0.2) is 0 Å². The smallest absolute Gasteiger partial charge is 0.240 e. The van der Waals surface area contributed by atoms with Gasteiger partial charge in [-0.1, -0.05) is 25.2 Å². The van der Waals surface area contributed by atoms with E-state index < -0.39 is 0 Å². The van der Waals surface area contributed by atoms with Gasteiger partial charge in [0.25, 0.3) is 0 Å². The molecule has 0 aromatic carbocycles. The first-order valence-electron chi connectivity index (χ1n) is 7.92. The van der Waals surface area contributed by atoms with Crippen molar-refractivity contribution in [3.8, 4) is 12.3 Å². The number of carbonyl (C=O) groups excluding carboxylic acids is 2. The van der Waals surface area contributed by atoms with Gasteiger partial charge in [-0.2, -0.15) is 0 Å². The predicted molar refractivity (Wildman–Crippen MR) is 81.4 cm³/mol. The summed E-state index contributed by atoms with van der Waals surface area (Å²) in [6.07, 6.45) is 12.5. The molecule has 0 unspecified atom stereocenters. The van der Waals surface area contributed by atoms with Crippen LogP contribution in [0.3, 0.4) is 0 Å². The maximum Gasteiger partial charge on any atom is 0.240 e. The van der Waals surface area contributed by atoms with E-state index in [0.29, 0.717) is 6.04 Å². The fraction of sp³-hybridized carbons (Fsp3) is 0.750. The Kier molecular flexibility index (Phi) is 6.06. The van der Waals surface area contributed by atoms with E-state index in [4.69, 9.17) is 6.42 Å². The molecule has 5 nitrogen and oxygen atoms in total. The molecule has 0 aromatic rings. The van der Waals surface area contributed by atoms with Gasteiger partial charge in [0.2, 0.25) is 11.8 Å². The molecule has 2 N–H and O–H groups in total. The van der Waals surface area contributed by atoms with Crippen LogP contribution in [0.5, 0.6) is 0 Å². The quantitative estimate of drug-likeness (QED) is 0.726. The fourth-order valence-electron chi connectivity index (χ4n) is 3.30. The van der Waals surface area contributed by atoms with Crippen molar-refractivity contribution in [1.82, 2.24) is 15.5 Å². The lowest BCUT2D eigenvalue weighted by atomic mass is 9.94. The van der Waals surface area contributed by atoms with E-state index in [9.17, 15) is 9.59 Å². The first-order valence-corrected chi connectivity index (χ1v) is 7.92. The Bertz CT molecular complexity index is 410. The number of amides is 2. The Labute approximate surface area is 126 Å². The van der Waals surface area contributed by atoms with E-state index >= 15 is 0 Å². The molecule has 2 rings (SSSR count). The summed E-state index contributed by atoms with van der Waals surface area (Å²) in [5, 5.41) is 5.25. The Hall–Kier alpha value is -1.54. The van der Waals surface area contributed by atoms with E-state index in [1.54, 1.807) is 0 Å². The van der Waals surface area contributed by atoms with Gasteiger partial charge in [0.05, 0.1) is 19.0 Å². The summed E-state index contributed by atoms with van der Waals surface area (Å²) in [5.41, 5.74) is 0. The standard InChI is InChI=1S/C16H25N3O2/c1-2-9-17-15(20)11-18-16(21)13-8-10-19(12-13)14-6-4-3-5-7-14/h1,13-14H,3-12H2,(H,17,20)(H,18,21)/t13-/m0/s1. The lowest BCUT2D eigenvalue weighted by molar-refractivity contribution is -0.128. The Balaban J connectivity index is 1.69. The van der Waals surface area contributed by atoms with E-state index in [1.165, 1.54) is 32.1 Å². The van der Waals surface area contributed by atoms with Crippen LogP contribution in [-0.4, -0.2) is 48.9 Å². The zero-order valence-corrected chi connectivity index (χ0v) is 12.6. The summed E-state index contributed by atoms with van der Waals surface area (Å²) in [6, 6.07) is 0.662. The average Bonchev–Trinajstić information content (AvgIpc) is 3.01. The Morgan fingerprint density at radius 1 is 1.14 bits per heavy atom. The molecule has 0 aromatic heterocycles. The average molecular weight is 291 g/mol. The number of rotatable bonds is 5. The van der Waals surface area contributed by atoms with Crippen LogP contribution in [-0.2, 0) is 9.59 Å². The van der Waals surface area contributed by atoms with Gasteiger partial charge in [-0.15, -0.1) is 6.42 Å². The highest BCUT2D eigenvalue weighted by molar-refractivity contribution is 5.86. The van der Waals surface area contributed by atoms with E-state index in [1.807, 2.05) is 0 Å². The second-order valence-electron chi connectivity index (χ2n) is 5.97. The molecule has 116 valence electrons. The molecule has 1 saturated carbocycles. The van der Waals surface area contributed by atoms with Crippen molar-refractivity contribution in [3.05, 3.63) is 0 Å². The van der Waals surface area contributed by atoms with Crippen LogP contribution in [0.15, 0.2) is 0 Å². The molecule has 0 bridgehead atoms. The molecule has 1 heterocycles. The number of nitrogens with one attached hydrogen (secondary N) is 2. The van der Waals surface area contributed by atoms with Crippen molar-refractivity contribution in [2.75, 3.05) is 26.2 Å². The van der Waals surface area contributed by atoms with Gasteiger partial charge in [0, 0.05) is 12.6 Å². The molecular weight excluding hydrogens is 266 g/mol. The number of hydrogen-bond donors (Lipinski definition) is 2. The molecule has 2 amide bonds. The van der Waals surface area contributed by atoms with Gasteiger partial charge in [0.1, 0.15) is 0 Å². The molecule has 2 aliphatic rings. The van der Waals surface area contributed by atoms with Crippen molar-refractivity contribution in [3.63, 3.8) is 0 Å². The van der Waals surface area contributed by atoms with Crippen molar-refractivity contribution in [2.24, 2.45) is 5.92 Å². The summed E-state index contributed by atoms with van der Waals surface area (Å²) >= 11 is 0. The van der Waals surface area contributed by atoms with Crippen molar-refractivity contribution >= 4 is 11.8 Å². The van der Waals surface area contributed by atoms with Gasteiger partial charge in [0.15, 0.2) is 0 Å². The van der Waals surface area contributed by atoms with Gasteiger partial charge >= 0.3 is 0 Å². The third-order valence-corrected chi connectivity index (χ3v) is 4.49. The van der Waals surface area contributed by atoms with Gasteiger partial charge < -0.3 is 10.6 Å². The van der Waals surface area contributed by atoms with Crippen molar-refractivity contribution in [1.29, 1.82) is 0 Å². The minimum Gasteiger partial charge on any atom is -0.347 e. The Morgan fingerprint density at radius 2 is 1.90 bits per heavy atom. The van der Waals surface area contributed by atoms with Crippen LogP contribution >= 0.6 is 0 Å². The van der Waals surface area contributed by atoms with Crippen LogP contribution in [0.4, 0.5) is 0 Å². The highest BCUT2D eigenvalue weighted by atomic mass is 16.2. The summed E-state index contributed by atoms with van der Waals surface area (Å²) < 4.78 is 0. The van der Waals surface area contributed by atoms with Crippen LogP contribution in [0.25, 0.3) is 0 Å². The molecule has 21 heavy (non-hydrogen) atoms. The normalized spacial score (nSPS) is 23.5. The topological polar surface area (TPSA) is 61.4 Å². The molecule has 5 heteroatoms. The number of carbonyl (C=O) groups is 2. The summed E-state index contributed by atoms with van der Waals surface area (Å²) in [4.78, 5) is 26.0.